The van der Waals surface area contributed by atoms with E-state index in [-0.39, 0.29) is 12.1 Å². The zero-order chi connectivity index (χ0) is 81.2. The fourth-order valence-electron chi connectivity index (χ4n) is 11.3. The van der Waals surface area contributed by atoms with E-state index >= 15 is 0 Å². The van der Waals surface area contributed by atoms with Crippen molar-refractivity contribution in [3.05, 3.63) is 142 Å². The predicted octanol–water partition coefficient (Wildman–Crippen LogP) is -8.21. The smallest absolute Gasteiger partial charge is 0.326 e. The Morgan fingerprint density at radius 3 is 1.77 bits per heavy atom. The van der Waals surface area contributed by atoms with Gasteiger partial charge in [0, 0.05) is 42.3 Å². The summed E-state index contributed by atoms with van der Waals surface area (Å²) in [6.45, 7) is -0.428. The van der Waals surface area contributed by atoms with Gasteiger partial charge >= 0.3 is 5.97 Å². The van der Waals surface area contributed by atoms with E-state index in [1.807, 2.05) is 10.6 Å². The van der Waals surface area contributed by atoms with Gasteiger partial charge < -0.3 is 121 Å². The SMILES string of the molecule is CC(/C=C/c1ccccc1)=C\[C@H](O)[C@@H]1CC(=O)N[C@@H](CO)C(=O)N[C@@H]2Cn3cnc(c3)C[C@H](NC(=O)C[C@H](O)C[C@@H](C(=O)O)NC(=O)[C@@H](O)CNC(=O)[C@H]([C@@H](C)c3ccc(Br)cc3)NC(=O)[C@H]([C@@H](O)C(N)=O)NC(=O)[C@H](CC(N)=O)NC2=O)C(=O)N[C@@H]([C@H](C)O)C(=O)N[C@@H](CO)C(=O)N[C@@H](Cc2ccccc2)C(=O)N1. The molecule has 0 radical (unpaired) electrons. The number of imidazole rings is 1. The number of fused-ring (bicyclic) bond motifs is 2. The molecule has 0 saturated heterocycles. The third kappa shape index (κ3) is 26.8. The van der Waals surface area contributed by atoms with Crippen LogP contribution >= 0.6 is 15.9 Å². The number of aliphatic hydroxyl groups is 7. The number of nitrogens with two attached hydrogens (primary N) is 2. The lowest BCUT2D eigenvalue weighted by Crippen LogP contribution is -2.64. The lowest BCUT2D eigenvalue weighted by Gasteiger charge is -2.30. The van der Waals surface area contributed by atoms with Gasteiger partial charge in [-0.3, -0.25) is 67.1 Å². The molecule has 594 valence electrons. The van der Waals surface area contributed by atoms with Crippen LogP contribution in [-0.2, 0) is 91.3 Å². The summed E-state index contributed by atoms with van der Waals surface area (Å²) in [4.78, 5) is 215. The minimum absolute atomic E-state index is 0.229. The van der Waals surface area contributed by atoms with Crippen LogP contribution in [0.5, 0.6) is 0 Å². The van der Waals surface area contributed by atoms with Gasteiger partial charge in [0.2, 0.25) is 76.8 Å². The van der Waals surface area contributed by atoms with E-state index in [4.69, 9.17) is 11.5 Å². The molecule has 2 aliphatic heterocycles. The highest BCUT2D eigenvalue weighted by Crippen LogP contribution is 2.23. The van der Waals surface area contributed by atoms with Crippen LogP contribution in [0.25, 0.3) is 6.08 Å². The van der Waals surface area contributed by atoms with E-state index in [9.17, 15) is 113 Å². The third-order valence-electron chi connectivity index (χ3n) is 17.3. The summed E-state index contributed by atoms with van der Waals surface area (Å²) in [5.74, 6) is -22.3. The summed E-state index contributed by atoms with van der Waals surface area (Å²) in [7, 11) is 0. The molecule has 6 rings (SSSR count). The summed E-state index contributed by atoms with van der Waals surface area (Å²) < 4.78 is 1.58. The topological polar surface area (TPSA) is 632 Å². The molecule has 4 bridgehead atoms. The molecule has 3 heterocycles. The average Bonchev–Trinajstić information content (AvgIpc) is 0.883. The molecule has 0 spiro atoms. The zero-order valence-corrected chi connectivity index (χ0v) is 61.1. The minimum Gasteiger partial charge on any atom is -0.480 e. The second-order valence-electron chi connectivity index (χ2n) is 26.1. The van der Waals surface area contributed by atoms with Gasteiger partial charge in [-0.05, 0) is 42.7 Å². The van der Waals surface area contributed by atoms with Crippen molar-refractivity contribution < 1.29 is 113 Å². The number of carboxylic acid groups (broad SMARTS) is 1. The molecule has 0 saturated carbocycles. The molecule has 14 amide bonds. The molecule has 40 heteroatoms. The third-order valence-corrected chi connectivity index (χ3v) is 17.9. The number of nitrogens with zero attached hydrogens (tertiary/aromatic N) is 2. The number of benzene rings is 3. The zero-order valence-electron chi connectivity index (χ0n) is 59.5. The molecule has 24 N–H and O–H groups in total. The number of hydrogen-bond donors (Lipinski definition) is 22. The largest absolute Gasteiger partial charge is 0.480 e. The summed E-state index contributed by atoms with van der Waals surface area (Å²) >= 11 is 3.28. The fourth-order valence-corrected chi connectivity index (χ4v) is 11.6. The van der Waals surface area contributed by atoms with Crippen molar-refractivity contribution in [3.63, 3.8) is 0 Å². The maximum absolute atomic E-state index is 14.9. The van der Waals surface area contributed by atoms with Crippen LogP contribution in [0.1, 0.15) is 74.8 Å². The Labute approximate surface area is 636 Å². The van der Waals surface area contributed by atoms with E-state index in [1.165, 1.54) is 37.3 Å². The predicted molar refractivity (Wildman–Crippen MR) is 386 cm³/mol. The van der Waals surface area contributed by atoms with E-state index < -0.39 is 250 Å². The number of amides is 14. The number of aliphatic hydroxyl groups excluding tert-OH is 7. The highest BCUT2D eigenvalue weighted by molar-refractivity contribution is 9.10. The second kappa shape index (κ2) is 41.8. The van der Waals surface area contributed by atoms with Crippen LogP contribution in [0.2, 0.25) is 0 Å². The first kappa shape index (κ1) is 87.5. The number of β-amino-alcohol motifs (C(OH)–C–C–N with tert-alkyl or cyclic N) is 1. The molecule has 39 nitrogen and oxygen atoms in total. The van der Waals surface area contributed by atoms with Crippen LogP contribution in [0.4, 0.5) is 0 Å². The molecular formula is C70H89BrN16O23. The van der Waals surface area contributed by atoms with Crippen molar-refractivity contribution in [2.75, 3.05) is 19.8 Å². The average molecular weight is 1600 g/mol. The highest BCUT2D eigenvalue weighted by atomic mass is 79.9. The van der Waals surface area contributed by atoms with Gasteiger partial charge in [-0.1, -0.05) is 119 Å². The lowest BCUT2D eigenvalue weighted by atomic mass is 9.92. The number of primary amides is 2. The first-order chi connectivity index (χ1) is 52.0. The first-order valence-electron chi connectivity index (χ1n) is 34.3. The summed E-state index contributed by atoms with van der Waals surface area (Å²) in [5, 5.41) is 115. The Balaban J connectivity index is 1.51. The Kier molecular flexibility index (Phi) is 33.3. The number of aromatic nitrogens is 2. The maximum atomic E-state index is 14.9. The number of halogens is 1. The molecule has 0 fully saturated rings. The molecule has 0 aliphatic carbocycles. The first-order valence-corrected chi connectivity index (χ1v) is 35.1. The van der Waals surface area contributed by atoms with Gasteiger partial charge in [0.25, 0.3) is 5.91 Å². The van der Waals surface area contributed by atoms with Crippen molar-refractivity contribution in [3.8, 4) is 0 Å². The summed E-state index contributed by atoms with van der Waals surface area (Å²) in [6, 6.07) is 0.335. The van der Waals surface area contributed by atoms with Crippen molar-refractivity contribution in [2.45, 2.75) is 169 Å². The lowest BCUT2D eigenvalue weighted by molar-refractivity contribution is -0.144. The number of carbonyl (C=O) groups excluding carboxylic acids is 14. The number of allylic oxidation sites excluding steroid dienone is 2. The van der Waals surface area contributed by atoms with Gasteiger partial charge in [0.05, 0.1) is 75.5 Å². The fraction of sp³-hybridized carbons (Fsp3) is 0.429. The molecule has 3 aromatic carbocycles. The molecule has 1 aromatic heterocycles. The van der Waals surface area contributed by atoms with Gasteiger partial charge in [0.15, 0.2) is 6.10 Å². The van der Waals surface area contributed by atoms with Crippen LogP contribution in [-0.4, -0.2) is 256 Å². The number of carbonyl (C=O) groups is 15. The number of aliphatic carboxylic acids is 1. The quantitative estimate of drug-likeness (QED) is 0.0463. The Morgan fingerprint density at radius 2 is 1.15 bits per heavy atom. The van der Waals surface area contributed by atoms with E-state index in [0.29, 0.717) is 21.2 Å². The number of carboxylic acids is 1. The van der Waals surface area contributed by atoms with Crippen molar-refractivity contribution in [1.29, 1.82) is 0 Å². The van der Waals surface area contributed by atoms with E-state index in [2.05, 4.69) is 74.1 Å². The molecule has 110 heavy (non-hydrogen) atoms. The normalized spacial score (nSPS) is 26.2. The standard InChI is InChI=1S/C70H89BrN16O23/c1-33(14-15-36-10-6-4-7-11-36)20-50(92)42-26-54(96)77-48(30-88)64(103)82-47-29-87-28-40(75-32-87)22-44(61(100)85-56(35(3)90)68(107)83-49(31-89)65(104)79-43(60(99)78-42)21-37-12-8-5-9-13-37)76-53(95)24-41(91)23-46(70(109)110)81-66(105)51(93)27-74-67(106)55(34(2)38-16-18-39(71)19-17-38)84-69(108)57(58(97)59(73)98)86-62(101)45(25-52(72)94)80-63(47)102/h4-20,28,32,34-35,41-51,55-58,88-93,97H,21-27,29-31H2,1-3H3,(H2,72,94)(H2,73,98)(H,74,106)(H,76,95)(H,77,96)(H,78,99)(H,79,104)(H,80,102)(H,81,105)(H,82,103)(H,83,107)(H,84,108)(H,85,100)(H,86,101)(H,109,110)/b15-14+,33-20+/t34-,35-,41+,42-,43-,44-,45-,46-,47+,48-,49-,50-,51-,55-,56-,57-,58+/m0/s1. The summed E-state index contributed by atoms with van der Waals surface area (Å²) in [5.41, 5.74) is 12.6. The van der Waals surface area contributed by atoms with Crippen molar-refractivity contribution in [1.82, 2.24) is 73.4 Å². The number of rotatable bonds is 16. The van der Waals surface area contributed by atoms with Gasteiger partial charge in [-0.25, -0.2) is 9.78 Å². The van der Waals surface area contributed by atoms with E-state index in [0.717, 1.165) is 29.6 Å². The molecule has 4 aromatic rings. The van der Waals surface area contributed by atoms with Gasteiger partial charge in [-0.2, -0.15) is 0 Å². The van der Waals surface area contributed by atoms with Crippen LogP contribution < -0.4 is 75.3 Å². The van der Waals surface area contributed by atoms with Gasteiger partial charge in [0.1, 0.15) is 66.5 Å². The molecule has 2 aliphatic rings. The second-order valence-corrected chi connectivity index (χ2v) is 27.0. The Morgan fingerprint density at radius 1 is 0.600 bits per heavy atom. The highest BCUT2D eigenvalue weighted by Gasteiger charge is 2.42. The van der Waals surface area contributed by atoms with E-state index in [1.54, 1.807) is 79.7 Å². The van der Waals surface area contributed by atoms with Gasteiger partial charge in [-0.15, -0.1) is 0 Å². The maximum Gasteiger partial charge on any atom is 0.326 e. The minimum atomic E-state index is -2.71. The van der Waals surface area contributed by atoms with Crippen molar-refractivity contribution in [2.24, 2.45) is 11.5 Å². The van der Waals surface area contributed by atoms with Crippen LogP contribution in [0.3, 0.4) is 0 Å². The number of hydrogen-bond acceptors (Lipinski definition) is 23. The van der Waals surface area contributed by atoms with Crippen LogP contribution in [0.15, 0.2) is 120 Å². The Bertz CT molecular complexity index is 4040. The molecular weight excluding hydrogens is 1510 g/mol. The molecule has 17 atom stereocenters. The summed E-state index contributed by atoms with van der Waals surface area (Å²) in [6.07, 6.45) is -9.55. The Hall–Kier alpha value is -11.4. The van der Waals surface area contributed by atoms with Crippen molar-refractivity contribution >= 4 is 111 Å². The monoisotopic (exact) mass is 1600 g/mol. The van der Waals surface area contributed by atoms with Crippen LogP contribution in [0, 0.1) is 0 Å². The molecule has 0 unspecified atom stereocenters. The number of nitrogens with one attached hydrogen (secondary N) is 12.